The van der Waals surface area contributed by atoms with Crippen LogP contribution in [0, 0.1) is 0 Å². The molecule has 1 heterocycles. The number of carbonyl (C=O) groups is 2. The summed E-state index contributed by atoms with van der Waals surface area (Å²) in [6, 6.07) is -0.855. The van der Waals surface area contributed by atoms with Gasteiger partial charge in [-0.25, -0.2) is 9.52 Å². The molecule has 3 N–H and O–H groups in total. The van der Waals surface area contributed by atoms with Crippen LogP contribution in [0.2, 0.25) is 0 Å². The molecular formula is C11H20N2O7S. The van der Waals surface area contributed by atoms with Crippen LogP contribution in [0.15, 0.2) is 0 Å². The monoisotopic (exact) mass is 324 g/mol. The van der Waals surface area contributed by atoms with E-state index in [1.165, 1.54) is 0 Å². The smallest absolute Gasteiger partial charge is 0.332 e. The highest BCUT2D eigenvalue weighted by Gasteiger charge is 2.39. The molecule has 122 valence electrons. The van der Waals surface area contributed by atoms with Crippen molar-refractivity contribution in [2.24, 2.45) is 0 Å². The van der Waals surface area contributed by atoms with Gasteiger partial charge in [-0.05, 0) is 26.2 Å². The number of aliphatic carboxylic acids is 1. The maximum Gasteiger partial charge on any atom is 0.332 e. The van der Waals surface area contributed by atoms with Crippen molar-refractivity contribution in [2.45, 2.75) is 38.3 Å². The Hall–Kier alpha value is -1.23. The minimum atomic E-state index is -3.92. The first kappa shape index (κ1) is 17.8. The summed E-state index contributed by atoms with van der Waals surface area (Å²) in [6.07, 6.45) is -0.960. The molecule has 1 saturated heterocycles. The molecule has 0 aliphatic carbocycles. The van der Waals surface area contributed by atoms with Gasteiger partial charge in [0.25, 0.3) is 10.2 Å². The second kappa shape index (κ2) is 7.69. The highest BCUT2D eigenvalue weighted by Crippen LogP contribution is 2.21. The molecule has 0 aromatic heterocycles. The summed E-state index contributed by atoms with van der Waals surface area (Å²) in [7, 11) is -3.92. The van der Waals surface area contributed by atoms with Crippen LogP contribution < -0.4 is 4.72 Å². The molecule has 0 aromatic carbocycles. The number of hydrogen-bond acceptors (Lipinski definition) is 6. The van der Waals surface area contributed by atoms with Crippen LogP contribution >= 0.6 is 0 Å². The third-order valence-electron chi connectivity index (χ3n) is 3.06. The van der Waals surface area contributed by atoms with E-state index in [-0.39, 0.29) is 26.1 Å². The average Bonchev–Trinajstić information content (AvgIpc) is 2.88. The number of esters is 1. The third kappa shape index (κ3) is 4.92. The highest BCUT2D eigenvalue weighted by atomic mass is 32.2. The van der Waals surface area contributed by atoms with E-state index in [2.05, 4.69) is 4.72 Å². The minimum absolute atomic E-state index is 0.168. The number of hydrogen-bond donors (Lipinski definition) is 3. The number of ether oxygens (including phenoxy) is 1. The molecule has 1 aliphatic heterocycles. The van der Waals surface area contributed by atoms with Crippen LogP contribution in [-0.4, -0.2) is 66.7 Å². The first-order valence-electron chi connectivity index (χ1n) is 6.63. The zero-order valence-electron chi connectivity index (χ0n) is 11.7. The van der Waals surface area contributed by atoms with Gasteiger partial charge in [0.15, 0.2) is 6.10 Å². The Balaban J connectivity index is 2.60. The maximum absolute atomic E-state index is 12.1. The highest BCUT2D eigenvalue weighted by molar-refractivity contribution is 7.87. The molecule has 1 aliphatic rings. The lowest BCUT2D eigenvalue weighted by molar-refractivity contribution is -0.147. The van der Waals surface area contributed by atoms with Gasteiger partial charge in [0.1, 0.15) is 6.04 Å². The zero-order valence-corrected chi connectivity index (χ0v) is 12.5. The summed E-state index contributed by atoms with van der Waals surface area (Å²) in [4.78, 5) is 22.1. The molecule has 1 fully saturated rings. The summed E-state index contributed by atoms with van der Waals surface area (Å²) in [5.74, 6) is -2.01. The van der Waals surface area contributed by atoms with Gasteiger partial charge in [0, 0.05) is 13.1 Å². The number of carboxylic acid groups (broad SMARTS) is 1. The van der Waals surface area contributed by atoms with E-state index in [0.29, 0.717) is 12.8 Å². The molecule has 0 spiro atoms. The quantitative estimate of drug-likeness (QED) is 0.472. The fraction of sp³-hybridized carbons (Fsp3) is 0.818. The van der Waals surface area contributed by atoms with Gasteiger partial charge in [-0.15, -0.1) is 0 Å². The molecule has 0 radical (unpaired) electrons. The van der Waals surface area contributed by atoms with E-state index < -0.39 is 34.3 Å². The molecule has 9 nitrogen and oxygen atoms in total. The summed E-state index contributed by atoms with van der Waals surface area (Å²) in [5.41, 5.74) is 0. The van der Waals surface area contributed by atoms with Crippen LogP contribution in [0.4, 0.5) is 0 Å². The van der Waals surface area contributed by atoms with Crippen LogP contribution in [0.25, 0.3) is 0 Å². The lowest BCUT2D eigenvalue weighted by Gasteiger charge is -2.22. The molecule has 0 aromatic rings. The van der Waals surface area contributed by atoms with Gasteiger partial charge in [-0.1, -0.05) is 0 Å². The molecule has 21 heavy (non-hydrogen) atoms. The molecule has 2 atom stereocenters. The average molecular weight is 324 g/mol. The number of nitrogens with zero attached hydrogens (tertiary/aromatic N) is 1. The zero-order chi connectivity index (χ0) is 16.0. The summed E-state index contributed by atoms with van der Waals surface area (Å²) in [6.45, 7) is 1.76. The SMILES string of the molecule is CCOC(=O)C1CCCN1S(=O)(=O)NCCC(O)C(=O)O. The number of aliphatic hydroxyl groups excluding tert-OH is 1. The largest absolute Gasteiger partial charge is 0.479 e. The van der Waals surface area contributed by atoms with E-state index >= 15 is 0 Å². The van der Waals surface area contributed by atoms with Gasteiger partial charge in [-0.3, -0.25) is 4.79 Å². The lowest BCUT2D eigenvalue weighted by atomic mass is 10.2. The standard InChI is InChI=1S/C11H20N2O7S/c1-2-20-11(17)8-4-3-7-13(8)21(18,19)12-6-5-9(14)10(15)16/h8-9,12,14H,2-7H2,1H3,(H,15,16). The summed E-state index contributed by atoms with van der Waals surface area (Å²) < 4.78 is 32.2. The second-order valence-corrected chi connectivity index (χ2v) is 6.27. The van der Waals surface area contributed by atoms with E-state index in [1.54, 1.807) is 6.92 Å². The first-order valence-corrected chi connectivity index (χ1v) is 8.07. The van der Waals surface area contributed by atoms with Crippen LogP contribution in [-0.2, 0) is 24.5 Å². The molecule has 1 rings (SSSR count). The molecule has 0 bridgehead atoms. The van der Waals surface area contributed by atoms with Crippen LogP contribution in [0.1, 0.15) is 26.2 Å². The van der Waals surface area contributed by atoms with E-state index in [0.717, 1.165) is 4.31 Å². The predicted molar refractivity (Wildman–Crippen MR) is 71.5 cm³/mol. The Kier molecular flexibility index (Phi) is 6.52. The Labute approximate surface area is 123 Å². The number of nitrogens with one attached hydrogen (secondary N) is 1. The molecule has 0 saturated carbocycles. The fourth-order valence-electron chi connectivity index (χ4n) is 2.03. The van der Waals surface area contributed by atoms with Crippen molar-refractivity contribution >= 4 is 22.1 Å². The maximum atomic E-state index is 12.1. The lowest BCUT2D eigenvalue weighted by Crippen LogP contribution is -2.47. The fourth-order valence-corrected chi connectivity index (χ4v) is 3.47. The number of carbonyl (C=O) groups excluding carboxylic acids is 1. The van der Waals surface area contributed by atoms with Gasteiger partial charge in [-0.2, -0.15) is 12.7 Å². The van der Waals surface area contributed by atoms with Crippen LogP contribution in [0.3, 0.4) is 0 Å². The van der Waals surface area contributed by atoms with Crippen molar-refractivity contribution in [2.75, 3.05) is 19.7 Å². The molecule has 0 amide bonds. The minimum Gasteiger partial charge on any atom is -0.479 e. The van der Waals surface area contributed by atoms with Crippen LogP contribution in [0.5, 0.6) is 0 Å². The third-order valence-corrected chi connectivity index (χ3v) is 4.68. The number of carboxylic acids is 1. The Bertz CT molecular complexity index is 479. The van der Waals surface area contributed by atoms with Gasteiger partial charge in [0.05, 0.1) is 6.61 Å². The summed E-state index contributed by atoms with van der Waals surface area (Å²) in [5, 5.41) is 17.6. The van der Waals surface area contributed by atoms with Gasteiger partial charge in [0.2, 0.25) is 0 Å². The Morgan fingerprint density at radius 1 is 1.48 bits per heavy atom. The van der Waals surface area contributed by atoms with Crippen molar-refractivity contribution in [1.29, 1.82) is 0 Å². The van der Waals surface area contributed by atoms with E-state index in [9.17, 15) is 18.0 Å². The van der Waals surface area contributed by atoms with Crippen molar-refractivity contribution < 1.29 is 33.0 Å². The Morgan fingerprint density at radius 2 is 2.14 bits per heavy atom. The molecule has 10 heteroatoms. The Morgan fingerprint density at radius 3 is 2.71 bits per heavy atom. The second-order valence-electron chi connectivity index (χ2n) is 4.56. The predicted octanol–water partition coefficient (Wildman–Crippen LogP) is -1.32. The topological polar surface area (TPSA) is 133 Å². The summed E-state index contributed by atoms with van der Waals surface area (Å²) >= 11 is 0. The molecular weight excluding hydrogens is 304 g/mol. The van der Waals surface area contributed by atoms with Crippen molar-refractivity contribution in [3.05, 3.63) is 0 Å². The van der Waals surface area contributed by atoms with E-state index in [1.807, 2.05) is 0 Å². The molecule has 2 unspecified atom stereocenters. The van der Waals surface area contributed by atoms with Gasteiger partial charge >= 0.3 is 11.9 Å². The van der Waals surface area contributed by atoms with Crippen molar-refractivity contribution in [1.82, 2.24) is 9.03 Å². The van der Waals surface area contributed by atoms with E-state index in [4.69, 9.17) is 14.9 Å². The normalized spacial score (nSPS) is 21.1. The first-order chi connectivity index (χ1) is 9.79. The number of aliphatic hydroxyl groups is 1. The van der Waals surface area contributed by atoms with Crippen molar-refractivity contribution in [3.63, 3.8) is 0 Å². The number of rotatable bonds is 8. The van der Waals surface area contributed by atoms with Gasteiger partial charge < -0.3 is 14.9 Å². The van der Waals surface area contributed by atoms with Crippen molar-refractivity contribution in [3.8, 4) is 0 Å².